The van der Waals surface area contributed by atoms with E-state index in [0.717, 1.165) is 29.4 Å². The number of Topliss-reactive ketones (excluding diaryl/α,β-unsaturated/α-hetero) is 1. The van der Waals surface area contributed by atoms with Gasteiger partial charge in [-0.25, -0.2) is 0 Å². The molecule has 0 spiro atoms. The molecular weight excluding hydrogens is 308 g/mol. The van der Waals surface area contributed by atoms with Gasteiger partial charge in [0.25, 0.3) is 0 Å². The van der Waals surface area contributed by atoms with Crippen molar-refractivity contribution in [3.63, 3.8) is 0 Å². The van der Waals surface area contributed by atoms with Crippen LogP contribution < -0.4 is 0 Å². The van der Waals surface area contributed by atoms with Crippen molar-refractivity contribution in [3.05, 3.63) is 27.7 Å². The van der Waals surface area contributed by atoms with Crippen LogP contribution in [0, 0.1) is 5.92 Å². The quantitative estimate of drug-likeness (QED) is 0.589. The Morgan fingerprint density at radius 3 is 3.00 bits per heavy atom. The second-order valence-corrected chi connectivity index (χ2v) is 6.60. The number of aromatic nitrogens is 2. The summed E-state index contributed by atoms with van der Waals surface area (Å²) in [7, 11) is 1.93. The molecular formula is C14H17BrN2O2. The lowest BCUT2D eigenvalue weighted by molar-refractivity contribution is -0.119. The van der Waals surface area contributed by atoms with Gasteiger partial charge in [0.05, 0.1) is 12.0 Å². The minimum atomic E-state index is -0.139. The van der Waals surface area contributed by atoms with Gasteiger partial charge < -0.3 is 5.11 Å². The Morgan fingerprint density at radius 1 is 1.58 bits per heavy atom. The van der Waals surface area contributed by atoms with E-state index < -0.39 is 0 Å². The smallest absolute Gasteiger partial charge is 0.162 e. The minimum Gasteiger partial charge on any atom is -0.515 e. The van der Waals surface area contributed by atoms with E-state index in [0.29, 0.717) is 24.3 Å². The van der Waals surface area contributed by atoms with Crippen LogP contribution in [0.3, 0.4) is 0 Å². The van der Waals surface area contributed by atoms with Crippen molar-refractivity contribution in [1.29, 1.82) is 0 Å². The number of allylic oxidation sites excluding steroid dienone is 1. The summed E-state index contributed by atoms with van der Waals surface area (Å²) in [5.74, 6) is 0.418. The standard InChI is InChI=1S/C14H17BrN2O2/c1-14-6-8(7-18)11(19)5-9(14)3-4-10-12(14)16-17(2)13(10)15/h7,9,18H,3-6H2,1-2H3/b8-7-. The first kappa shape index (κ1) is 12.9. The van der Waals surface area contributed by atoms with Crippen LogP contribution in [0.2, 0.25) is 0 Å². The fourth-order valence-corrected chi connectivity index (χ4v) is 4.05. The Bertz CT molecular complexity index is 591. The van der Waals surface area contributed by atoms with Crippen molar-refractivity contribution in [2.75, 3.05) is 0 Å². The highest BCUT2D eigenvalue weighted by atomic mass is 79.9. The average Bonchev–Trinajstić information content (AvgIpc) is 2.67. The van der Waals surface area contributed by atoms with Gasteiger partial charge in [0.15, 0.2) is 5.78 Å². The number of fused-ring (bicyclic) bond motifs is 3. The van der Waals surface area contributed by atoms with E-state index in [1.54, 1.807) is 0 Å². The maximum Gasteiger partial charge on any atom is 0.162 e. The first-order valence-corrected chi connectivity index (χ1v) is 7.35. The third-order valence-electron chi connectivity index (χ3n) is 4.76. The average molecular weight is 325 g/mol. The van der Waals surface area contributed by atoms with Crippen molar-refractivity contribution in [2.45, 2.75) is 38.0 Å². The highest BCUT2D eigenvalue weighted by Gasteiger charge is 2.48. The van der Waals surface area contributed by atoms with E-state index in [1.807, 2.05) is 11.7 Å². The molecule has 1 saturated carbocycles. The minimum absolute atomic E-state index is 0.0865. The van der Waals surface area contributed by atoms with Crippen LogP contribution in [0.15, 0.2) is 16.4 Å². The largest absolute Gasteiger partial charge is 0.515 e. The third kappa shape index (κ3) is 1.71. The van der Waals surface area contributed by atoms with Crippen LogP contribution in [0.5, 0.6) is 0 Å². The van der Waals surface area contributed by atoms with Crippen LogP contribution in [0.1, 0.15) is 37.4 Å². The van der Waals surface area contributed by atoms with Crippen LogP contribution in [-0.4, -0.2) is 20.7 Å². The predicted octanol–water partition coefficient (Wildman–Crippen LogP) is 2.81. The van der Waals surface area contributed by atoms with E-state index >= 15 is 0 Å². The molecule has 0 radical (unpaired) electrons. The molecule has 1 fully saturated rings. The number of aliphatic hydroxyl groups excluding tert-OH is 1. The van der Waals surface area contributed by atoms with Crippen LogP contribution in [0.4, 0.5) is 0 Å². The van der Waals surface area contributed by atoms with Crippen molar-refractivity contribution in [1.82, 2.24) is 9.78 Å². The first-order chi connectivity index (χ1) is 8.97. The summed E-state index contributed by atoms with van der Waals surface area (Å²) in [6, 6.07) is 0. The number of carbonyl (C=O) groups is 1. The highest BCUT2D eigenvalue weighted by Crippen LogP contribution is 2.50. The number of ketones is 1. The van der Waals surface area contributed by atoms with E-state index in [-0.39, 0.29) is 11.2 Å². The molecule has 1 N–H and O–H groups in total. The number of aliphatic hydroxyl groups is 1. The molecule has 0 amide bonds. The Hall–Kier alpha value is -1.10. The molecule has 5 heteroatoms. The van der Waals surface area contributed by atoms with Crippen LogP contribution in [-0.2, 0) is 23.7 Å². The van der Waals surface area contributed by atoms with Gasteiger partial charge in [0.2, 0.25) is 0 Å². The molecule has 1 heterocycles. The van der Waals surface area contributed by atoms with Gasteiger partial charge in [-0.1, -0.05) is 6.92 Å². The molecule has 2 aliphatic carbocycles. The maximum atomic E-state index is 11.9. The molecule has 2 atom stereocenters. The Kier molecular flexibility index (Phi) is 2.85. The molecule has 102 valence electrons. The van der Waals surface area contributed by atoms with Crippen molar-refractivity contribution < 1.29 is 9.90 Å². The second kappa shape index (κ2) is 4.20. The van der Waals surface area contributed by atoms with Crippen molar-refractivity contribution in [3.8, 4) is 0 Å². The van der Waals surface area contributed by atoms with Gasteiger partial charge in [-0.05, 0) is 41.1 Å². The zero-order chi connectivity index (χ0) is 13.8. The second-order valence-electron chi connectivity index (χ2n) is 5.85. The molecule has 0 saturated heterocycles. The number of aryl methyl sites for hydroxylation is 1. The monoisotopic (exact) mass is 324 g/mol. The SMILES string of the molecule is Cn1nc2c(c1Br)CCC1CC(=O)/C(=C\O)CC21C. The number of halogens is 1. The summed E-state index contributed by atoms with van der Waals surface area (Å²) in [5.41, 5.74) is 2.74. The normalized spacial score (nSPS) is 32.3. The van der Waals surface area contributed by atoms with E-state index in [9.17, 15) is 9.90 Å². The molecule has 2 aliphatic rings. The molecule has 1 aromatic rings. The summed E-state index contributed by atoms with van der Waals surface area (Å²) in [5, 5.41) is 13.9. The van der Waals surface area contributed by atoms with Gasteiger partial charge in [-0.15, -0.1) is 0 Å². The molecule has 19 heavy (non-hydrogen) atoms. The number of nitrogens with zero attached hydrogens (tertiary/aromatic N) is 2. The molecule has 0 aromatic carbocycles. The zero-order valence-corrected chi connectivity index (χ0v) is 12.7. The lowest BCUT2D eigenvalue weighted by Crippen LogP contribution is -2.43. The lowest BCUT2D eigenvalue weighted by Gasteiger charge is -2.44. The predicted molar refractivity (Wildman–Crippen MR) is 75.0 cm³/mol. The van der Waals surface area contributed by atoms with Crippen molar-refractivity contribution >= 4 is 21.7 Å². The zero-order valence-electron chi connectivity index (χ0n) is 11.1. The fourth-order valence-electron chi connectivity index (χ4n) is 3.58. The summed E-state index contributed by atoms with van der Waals surface area (Å²) in [4.78, 5) is 11.9. The topological polar surface area (TPSA) is 55.1 Å². The van der Waals surface area contributed by atoms with E-state index in [1.165, 1.54) is 5.56 Å². The number of hydrogen-bond donors (Lipinski definition) is 1. The maximum absolute atomic E-state index is 11.9. The van der Waals surface area contributed by atoms with E-state index in [4.69, 9.17) is 0 Å². The van der Waals surface area contributed by atoms with Crippen LogP contribution >= 0.6 is 15.9 Å². The first-order valence-electron chi connectivity index (χ1n) is 6.55. The number of rotatable bonds is 0. The Labute approximate surface area is 120 Å². The summed E-state index contributed by atoms with van der Waals surface area (Å²) in [6.07, 6.45) is 4.07. The third-order valence-corrected chi connectivity index (χ3v) is 5.75. The Morgan fingerprint density at radius 2 is 2.32 bits per heavy atom. The highest BCUT2D eigenvalue weighted by molar-refractivity contribution is 9.10. The molecule has 1 aromatic heterocycles. The molecule has 4 nitrogen and oxygen atoms in total. The fraction of sp³-hybridized carbons (Fsp3) is 0.571. The Balaban J connectivity index is 2.12. The van der Waals surface area contributed by atoms with Crippen LogP contribution in [0.25, 0.3) is 0 Å². The summed E-state index contributed by atoms with van der Waals surface area (Å²) < 4.78 is 2.89. The number of hydrogen-bond acceptors (Lipinski definition) is 3. The molecule has 3 rings (SSSR count). The summed E-state index contributed by atoms with van der Waals surface area (Å²) in [6.45, 7) is 2.17. The van der Waals surface area contributed by atoms with Gasteiger partial charge in [-0.2, -0.15) is 5.10 Å². The van der Waals surface area contributed by atoms with Gasteiger partial charge in [-0.3, -0.25) is 9.48 Å². The lowest BCUT2D eigenvalue weighted by atomic mass is 9.59. The molecule has 2 unspecified atom stereocenters. The van der Waals surface area contributed by atoms with Gasteiger partial charge in [0.1, 0.15) is 4.60 Å². The van der Waals surface area contributed by atoms with Gasteiger partial charge >= 0.3 is 0 Å². The molecule has 0 bridgehead atoms. The molecule has 0 aliphatic heterocycles. The van der Waals surface area contributed by atoms with Crippen molar-refractivity contribution in [2.24, 2.45) is 13.0 Å². The number of carbonyl (C=O) groups excluding carboxylic acids is 1. The summed E-state index contributed by atoms with van der Waals surface area (Å²) >= 11 is 3.59. The van der Waals surface area contributed by atoms with Gasteiger partial charge in [0, 0.05) is 30.0 Å². The van der Waals surface area contributed by atoms with E-state index in [2.05, 4.69) is 28.0 Å².